The van der Waals surface area contributed by atoms with Crippen LogP contribution in [0.15, 0.2) is 0 Å². The summed E-state index contributed by atoms with van der Waals surface area (Å²) in [5.74, 6) is 0. The lowest BCUT2D eigenvalue weighted by molar-refractivity contribution is 0.459. The highest BCUT2D eigenvalue weighted by atomic mass is 32.7. The number of rotatable bonds is 6. The molecule has 0 aromatic carbocycles. The third kappa shape index (κ3) is 12.7. The Balaban J connectivity index is -0.000000320. The molecule has 0 aromatic rings. The first-order valence-corrected chi connectivity index (χ1v) is 17.7. The van der Waals surface area contributed by atoms with Crippen LogP contribution in [0.1, 0.15) is 83.1 Å². The van der Waals surface area contributed by atoms with Crippen molar-refractivity contribution in [1.82, 2.24) is 0 Å². The smallest absolute Gasteiger partial charge is 0.205 e. The van der Waals surface area contributed by atoms with Crippen molar-refractivity contribution >= 4 is 50.1 Å². The predicted octanol–water partition coefficient (Wildman–Crippen LogP) is 7.36. The van der Waals surface area contributed by atoms with Gasteiger partial charge in [0.1, 0.15) is 0 Å². The van der Waals surface area contributed by atoms with Crippen molar-refractivity contribution in [2.45, 2.75) is 117 Å². The van der Waals surface area contributed by atoms with Crippen LogP contribution >= 0.6 is 32.0 Å². The topological polar surface area (TPSA) is 57.5 Å². The highest BCUT2D eigenvalue weighted by Gasteiger charge is 2.26. The van der Waals surface area contributed by atoms with E-state index in [-0.39, 0.29) is 22.6 Å². The number of hydrogen-bond donors (Lipinski definition) is 3. The summed E-state index contributed by atoms with van der Waals surface area (Å²) < 4.78 is 11.2. The Morgan fingerprint density at radius 3 is 0.889 bits per heavy atom. The minimum Gasteiger partial charge on any atom is -0.365 e. The first kappa shape index (κ1) is 33.1. The first-order chi connectivity index (χ1) is 11.7. The van der Waals surface area contributed by atoms with Crippen LogP contribution in [-0.4, -0.2) is 50.0 Å². The lowest BCUT2D eigenvalue weighted by atomic mass is 10.5. The van der Waals surface area contributed by atoms with Crippen molar-refractivity contribution in [2.75, 3.05) is 0 Å². The molecule has 0 radical (unpaired) electrons. The minimum absolute atomic E-state index is 0.0995. The summed E-state index contributed by atoms with van der Waals surface area (Å²) in [6, 6.07) is 0. The van der Waals surface area contributed by atoms with Crippen molar-refractivity contribution < 1.29 is 14.4 Å². The molecule has 0 aliphatic carbocycles. The molecule has 0 aliphatic rings. The van der Waals surface area contributed by atoms with Crippen molar-refractivity contribution in [1.29, 1.82) is 0 Å². The van der Waals surface area contributed by atoms with Gasteiger partial charge in [-0.2, -0.15) is 12.2 Å². The molecule has 0 spiro atoms. The lowest BCUT2D eigenvalue weighted by Gasteiger charge is -2.26. The first-order valence-electron chi connectivity index (χ1n) is 9.76. The molecule has 0 saturated carbocycles. The van der Waals surface area contributed by atoms with Crippen LogP contribution in [0.25, 0.3) is 0 Å². The fourth-order valence-corrected chi connectivity index (χ4v) is 5.37. The molecular formula is C19H47O3P3S2. The fraction of sp³-hybridized carbons (Fsp3) is 0.947. The van der Waals surface area contributed by atoms with Gasteiger partial charge in [-0.1, -0.05) is 107 Å². The van der Waals surface area contributed by atoms with Crippen molar-refractivity contribution in [2.24, 2.45) is 0 Å². The molecule has 0 bridgehead atoms. The van der Waals surface area contributed by atoms with Crippen LogP contribution in [0.2, 0.25) is 0 Å². The van der Waals surface area contributed by atoms with E-state index in [4.69, 9.17) is 11.8 Å². The molecule has 0 aromatic heterocycles. The van der Waals surface area contributed by atoms with E-state index in [2.05, 4.69) is 46.2 Å². The van der Waals surface area contributed by atoms with Gasteiger partial charge >= 0.3 is 0 Å². The summed E-state index contributed by atoms with van der Waals surface area (Å²) in [6.45, 7) is 23.9. The molecule has 0 aliphatic heterocycles. The highest BCUT2D eigenvalue weighted by molar-refractivity contribution is 8.51. The van der Waals surface area contributed by atoms with E-state index in [1.807, 2.05) is 27.7 Å². The zero-order valence-electron chi connectivity index (χ0n) is 19.7. The second-order valence-electron chi connectivity index (χ2n) is 8.79. The molecule has 3 nitrogen and oxygen atoms in total. The molecule has 0 atom stereocenters. The molecule has 0 unspecified atom stereocenters. The molecule has 168 valence electrons. The summed E-state index contributed by atoms with van der Waals surface area (Å²) in [5, 5.41) is 0. The molecule has 0 rings (SSSR count). The predicted molar refractivity (Wildman–Crippen MR) is 140 cm³/mol. The molecule has 2 N–H and O–H groups in total. The van der Waals surface area contributed by atoms with Gasteiger partial charge in [-0.05, 0) is 11.3 Å². The zero-order chi connectivity index (χ0) is 23.0. The SMILES string of the molecule is C=P(S)(C(C)C)C(C)C.CC(C)P(=O)(O)C(C)C.CC(C)P(O)(=S)C(C)C. The van der Waals surface area contributed by atoms with Crippen molar-refractivity contribution in [3.05, 3.63) is 0 Å². The minimum atomic E-state index is -2.84. The van der Waals surface area contributed by atoms with Crippen LogP contribution in [0.3, 0.4) is 0 Å². The van der Waals surface area contributed by atoms with E-state index < -0.39 is 19.7 Å². The Bertz CT molecular complexity index is 430. The van der Waals surface area contributed by atoms with E-state index in [1.165, 1.54) is 0 Å². The Hall–Kier alpha value is 1.45. The van der Waals surface area contributed by atoms with Gasteiger partial charge in [0.2, 0.25) is 7.37 Å². The van der Waals surface area contributed by atoms with E-state index in [1.54, 1.807) is 27.7 Å². The second kappa shape index (κ2) is 13.7. The molecule has 0 fully saturated rings. The Labute approximate surface area is 181 Å². The molecular weight excluding hydrogens is 433 g/mol. The third-order valence-electron chi connectivity index (χ3n) is 4.75. The van der Waals surface area contributed by atoms with E-state index >= 15 is 0 Å². The average molecular weight is 481 g/mol. The number of hydrogen-bond acceptors (Lipinski definition) is 3. The average Bonchev–Trinajstić information content (AvgIpc) is 2.47. The third-order valence-corrected chi connectivity index (χ3v) is 19.5. The summed E-state index contributed by atoms with van der Waals surface area (Å²) in [6.07, 6.45) is 0.999. The number of thiol groups is 1. The Morgan fingerprint density at radius 2 is 0.889 bits per heavy atom. The quantitative estimate of drug-likeness (QED) is 0.275. The molecule has 0 amide bonds. The standard InChI is InChI=1S/C7H17PS.C6H15O2P.C6H15OPS/c1-6(2)8(5,9)7(3)4;1-5(2)9(7,8)6(3)4;1-5(2)8(7,9)6(3)4/h6-7,9H,5H2,1-4H3;5-6H,1-4H3,(H,7,8);5-6H,1-4H3,(H,7,9). The van der Waals surface area contributed by atoms with Gasteiger partial charge in [0.25, 0.3) is 0 Å². The monoisotopic (exact) mass is 480 g/mol. The van der Waals surface area contributed by atoms with Crippen LogP contribution < -0.4 is 0 Å². The van der Waals surface area contributed by atoms with Crippen LogP contribution in [0.5, 0.6) is 0 Å². The van der Waals surface area contributed by atoms with Crippen LogP contribution in [0, 0.1) is 0 Å². The summed E-state index contributed by atoms with van der Waals surface area (Å²) in [5.41, 5.74) is 1.65. The second-order valence-corrected chi connectivity index (χ2v) is 23.4. The lowest BCUT2D eigenvalue weighted by Crippen LogP contribution is -2.06. The van der Waals surface area contributed by atoms with Gasteiger partial charge in [-0.25, -0.2) is 0 Å². The van der Waals surface area contributed by atoms with E-state index in [0.29, 0.717) is 11.3 Å². The zero-order valence-corrected chi connectivity index (χ0v) is 24.1. The van der Waals surface area contributed by atoms with Crippen molar-refractivity contribution in [3.63, 3.8) is 0 Å². The highest BCUT2D eigenvalue weighted by Crippen LogP contribution is 2.58. The van der Waals surface area contributed by atoms with Gasteiger partial charge in [0.15, 0.2) is 0 Å². The maximum absolute atomic E-state index is 11.2. The van der Waals surface area contributed by atoms with Crippen LogP contribution in [-0.2, 0) is 16.4 Å². The van der Waals surface area contributed by atoms with E-state index in [0.717, 1.165) is 0 Å². The van der Waals surface area contributed by atoms with E-state index in [9.17, 15) is 14.4 Å². The normalized spacial score (nSPS) is 13.2. The molecule has 0 heterocycles. The Kier molecular flexibility index (Phi) is 16.8. The van der Waals surface area contributed by atoms with Gasteiger partial charge < -0.3 is 9.79 Å². The Morgan fingerprint density at radius 1 is 0.667 bits per heavy atom. The molecule has 8 heteroatoms. The summed E-state index contributed by atoms with van der Waals surface area (Å²) >= 11 is 9.63. The van der Waals surface area contributed by atoms with Gasteiger partial charge in [-0.3, -0.25) is 4.57 Å². The van der Waals surface area contributed by atoms with Gasteiger partial charge in [-0.15, -0.1) is 0 Å². The molecule has 27 heavy (non-hydrogen) atoms. The van der Waals surface area contributed by atoms with Crippen molar-refractivity contribution in [3.8, 4) is 0 Å². The largest absolute Gasteiger partial charge is 0.365 e. The summed E-state index contributed by atoms with van der Waals surface area (Å²) in [4.78, 5) is 18.8. The maximum Gasteiger partial charge on any atom is 0.205 e. The van der Waals surface area contributed by atoms with Gasteiger partial charge in [0, 0.05) is 22.6 Å². The summed E-state index contributed by atoms with van der Waals surface area (Å²) in [7, 11) is -2.84. The fourth-order valence-electron chi connectivity index (χ4n) is 1.79. The van der Waals surface area contributed by atoms with Gasteiger partial charge in [0.05, 0.1) is 6.26 Å². The maximum atomic E-state index is 11.2. The molecule has 0 saturated heterocycles. The van der Waals surface area contributed by atoms with Crippen LogP contribution in [0.4, 0.5) is 0 Å².